The van der Waals surface area contributed by atoms with Gasteiger partial charge in [0.1, 0.15) is 0 Å². The van der Waals surface area contributed by atoms with Gasteiger partial charge >= 0.3 is 7.60 Å². The number of fused-ring (bicyclic) bond motifs is 1. The molecule has 0 amide bonds. The highest BCUT2D eigenvalue weighted by atomic mass is 31.2. The van der Waals surface area contributed by atoms with Gasteiger partial charge in [0, 0.05) is 13.1 Å². The predicted octanol–water partition coefficient (Wildman–Crippen LogP) is 2.11. The van der Waals surface area contributed by atoms with Crippen LogP contribution < -0.4 is 5.32 Å². The number of hydrogen-bond acceptors (Lipinski definition) is 2. The third-order valence-electron chi connectivity index (χ3n) is 2.78. The fourth-order valence-corrected chi connectivity index (χ4v) is 2.34. The minimum absolute atomic E-state index is 0.127. The van der Waals surface area contributed by atoms with Crippen molar-refractivity contribution in [3.05, 3.63) is 48.0 Å². The maximum Gasteiger partial charge on any atom is 0.326 e. The Morgan fingerprint density at radius 2 is 1.78 bits per heavy atom. The van der Waals surface area contributed by atoms with Crippen molar-refractivity contribution in [3.8, 4) is 0 Å². The van der Waals surface area contributed by atoms with Gasteiger partial charge < -0.3 is 15.1 Å². The number of nitrogens with one attached hydrogen (secondary N) is 1. The maximum atomic E-state index is 10.7. The number of rotatable bonds is 5. The monoisotopic (exact) mass is 265 g/mol. The first-order valence-corrected chi connectivity index (χ1v) is 7.58. The van der Waals surface area contributed by atoms with Gasteiger partial charge in [-0.1, -0.05) is 42.5 Å². The molecule has 0 heterocycles. The average Bonchev–Trinajstić information content (AvgIpc) is 2.33. The highest BCUT2D eigenvalue weighted by Gasteiger charge is 2.11. The van der Waals surface area contributed by atoms with E-state index in [4.69, 9.17) is 9.79 Å². The molecule has 3 N–H and O–H groups in total. The Morgan fingerprint density at radius 3 is 2.56 bits per heavy atom. The molecule has 0 saturated carbocycles. The summed E-state index contributed by atoms with van der Waals surface area (Å²) in [6, 6.07) is 14.1. The van der Waals surface area contributed by atoms with Crippen molar-refractivity contribution < 1.29 is 14.4 Å². The van der Waals surface area contributed by atoms with E-state index in [1.807, 2.05) is 24.3 Å². The summed E-state index contributed by atoms with van der Waals surface area (Å²) in [7, 11) is -3.90. The van der Waals surface area contributed by atoms with Crippen LogP contribution in [0.1, 0.15) is 5.56 Å². The second-order valence-corrected chi connectivity index (χ2v) is 5.98. The van der Waals surface area contributed by atoms with Crippen molar-refractivity contribution in [2.45, 2.75) is 6.54 Å². The summed E-state index contributed by atoms with van der Waals surface area (Å²) >= 11 is 0. The molecule has 2 rings (SSSR count). The van der Waals surface area contributed by atoms with Gasteiger partial charge in [0.25, 0.3) is 0 Å². The summed E-state index contributed by atoms with van der Waals surface area (Å²) in [4.78, 5) is 17.5. The minimum atomic E-state index is -3.90. The lowest BCUT2D eigenvalue weighted by Gasteiger charge is -2.08. The summed E-state index contributed by atoms with van der Waals surface area (Å²) in [6.07, 6.45) is -0.127. The molecule has 0 bridgehead atoms. The molecular weight excluding hydrogens is 249 g/mol. The van der Waals surface area contributed by atoms with Crippen LogP contribution in [0.15, 0.2) is 42.5 Å². The Morgan fingerprint density at radius 1 is 1.06 bits per heavy atom. The second kappa shape index (κ2) is 5.63. The van der Waals surface area contributed by atoms with E-state index < -0.39 is 7.60 Å². The highest BCUT2D eigenvalue weighted by Crippen LogP contribution is 2.32. The molecule has 2 aromatic rings. The largest absolute Gasteiger partial charge is 0.326 e. The third-order valence-corrected chi connectivity index (χ3v) is 3.58. The Bertz CT molecular complexity index is 574. The van der Waals surface area contributed by atoms with Crippen molar-refractivity contribution >= 4 is 18.4 Å². The lowest BCUT2D eigenvalue weighted by molar-refractivity contribution is 0.372. The van der Waals surface area contributed by atoms with E-state index in [0.29, 0.717) is 13.1 Å². The molecule has 0 aliphatic heterocycles. The van der Waals surface area contributed by atoms with Gasteiger partial charge in [0.2, 0.25) is 0 Å². The molecule has 0 radical (unpaired) electrons. The van der Waals surface area contributed by atoms with Crippen LogP contribution in [-0.2, 0) is 11.1 Å². The van der Waals surface area contributed by atoms with Gasteiger partial charge in [0.15, 0.2) is 0 Å². The van der Waals surface area contributed by atoms with Crippen molar-refractivity contribution in [1.82, 2.24) is 5.32 Å². The summed E-state index contributed by atoms with van der Waals surface area (Å²) in [5, 5.41) is 5.40. The van der Waals surface area contributed by atoms with E-state index >= 15 is 0 Å². The van der Waals surface area contributed by atoms with Gasteiger partial charge in [-0.3, -0.25) is 4.57 Å². The van der Waals surface area contributed by atoms with Crippen LogP contribution in [0.3, 0.4) is 0 Å². The molecule has 0 aromatic heterocycles. The molecule has 2 aromatic carbocycles. The van der Waals surface area contributed by atoms with Crippen LogP contribution in [0.5, 0.6) is 0 Å². The molecule has 0 aliphatic carbocycles. The molecule has 0 saturated heterocycles. The lowest BCUT2D eigenvalue weighted by Crippen LogP contribution is -2.18. The summed E-state index contributed by atoms with van der Waals surface area (Å²) < 4.78 is 10.7. The summed E-state index contributed by atoms with van der Waals surface area (Å²) in [5.41, 5.74) is 1.14. The molecule has 0 atom stereocenters. The molecule has 96 valence electrons. The normalized spacial score (nSPS) is 11.9. The Labute approximate surface area is 106 Å². The summed E-state index contributed by atoms with van der Waals surface area (Å²) in [6.45, 7) is 0.925. The van der Waals surface area contributed by atoms with E-state index in [9.17, 15) is 4.57 Å². The zero-order valence-corrected chi connectivity index (χ0v) is 10.8. The van der Waals surface area contributed by atoms with Crippen LogP contribution >= 0.6 is 7.60 Å². The number of hydrogen-bond donors (Lipinski definition) is 3. The zero-order chi connectivity index (χ0) is 13.0. The van der Waals surface area contributed by atoms with Crippen molar-refractivity contribution in [3.63, 3.8) is 0 Å². The van der Waals surface area contributed by atoms with E-state index in [1.165, 1.54) is 10.8 Å². The first-order valence-electron chi connectivity index (χ1n) is 5.78. The summed E-state index contributed by atoms with van der Waals surface area (Å²) in [5.74, 6) is 0. The van der Waals surface area contributed by atoms with Gasteiger partial charge in [-0.05, 0) is 16.3 Å². The third kappa shape index (κ3) is 3.65. The Balaban J connectivity index is 2.02. The minimum Gasteiger partial charge on any atom is -0.324 e. The fourth-order valence-electron chi connectivity index (χ4n) is 1.89. The molecular formula is C13H16NO3P. The van der Waals surface area contributed by atoms with Gasteiger partial charge in [-0.2, -0.15) is 0 Å². The first-order chi connectivity index (χ1) is 8.56. The average molecular weight is 265 g/mol. The SMILES string of the molecule is O=P(O)(O)CCNCc1cccc2ccccc12. The molecule has 4 nitrogen and oxygen atoms in total. The van der Waals surface area contributed by atoms with Gasteiger partial charge in [-0.25, -0.2) is 0 Å². The van der Waals surface area contributed by atoms with Gasteiger partial charge in [0.05, 0.1) is 6.16 Å². The highest BCUT2D eigenvalue weighted by molar-refractivity contribution is 7.51. The van der Waals surface area contributed by atoms with Crippen molar-refractivity contribution in [1.29, 1.82) is 0 Å². The molecule has 18 heavy (non-hydrogen) atoms. The quantitative estimate of drug-likeness (QED) is 0.572. The predicted molar refractivity (Wildman–Crippen MR) is 72.6 cm³/mol. The number of benzene rings is 2. The molecule has 0 aliphatic rings. The van der Waals surface area contributed by atoms with Crippen LogP contribution in [0.25, 0.3) is 10.8 Å². The van der Waals surface area contributed by atoms with E-state index in [2.05, 4.69) is 23.5 Å². The standard InChI is InChI=1S/C13H16NO3P/c15-18(16,17)9-8-14-10-12-6-3-5-11-4-1-2-7-13(11)12/h1-7,14H,8-10H2,(H2,15,16,17). The zero-order valence-electron chi connectivity index (χ0n) is 9.91. The van der Waals surface area contributed by atoms with Crippen molar-refractivity contribution in [2.24, 2.45) is 0 Å². The van der Waals surface area contributed by atoms with Crippen molar-refractivity contribution in [2.75, 3.05) is 12.7 Å². The maximum absolute atomic E-state index is 10.7. The topological polar surface area (TPSA) is 69.6 Å². The Hall–Kier alpha value is -1.19. The van der Waals surface area contributed by atoms with E-state index in [-0.39, 0.29) is 6.16 Å². The first kappa shape index (κ1) is 13.2. The smallest absolute Gasteiger partial charge is 0.324 e. The van der Waals surface area contributed by atoms with Gasteiger partial charge in [-0.15, -0.1) is 0 Å². The molecule has 0 fully saturated rings. The molecule has 5 heteroatoms. The lowest BCUT2D eigenvalue weighted by atomic mass is 10.0. The van der Waals surface area contributed by atoms with E-state index in [1.54, 1.807) is 0 Å². The molecule has 0 unspecified atom stereocenters. The Kier molecular flexibility index (Phi) is 4.15. The second-order valence-electron chi connectivity index (χ2n) is 4.20. The fraction of sp³-hybridized carbons (Fsp3) is 0.231. The van der Waals surface area contributed by atoms with Crippen LogP contribution in [0, 0.1) is 0 Å². The van der Waals surface area contributed by atoms with E-state index in [0.717, 1.165) is 5.56 Å². The van der Waals surface area contributed by atoms with Crippen LogP contribution in [0.2, 0.25) is 0 Å². The molecule has 0 spiro atoms. The van der Waals surface area contributed by atoms with Crippen LogP contribution in [0.4, 0.5) is 0 Å². The van der Waals surface area contributed by atoms with Crippen LogP contribution in [-0.4, -0.2) is 22.5 Å².